The van der Waals surface area contributed by atoms with Crippen molar-refractivity contribution in [3.8, 4) is 0 Å². The number of piperazine rings is 1. The molecule has 2 rings (SSSR count). The summed E-state index contributed by atoms with van der Waals surface area (Å²) in [6.45, 7) is 4.37. The quantitative estimate of drug-likeness (QED) is 0.789. The maximum Gasteiger partial charge on any atom is 0.317 e. The number of carbonyl (C=O) groups excluding carboxylic acids is 2. The number of carbonyl (C=O) groups is 2. The van der Waals surface area contributed by atoms with Crippen LogP contribution < -0.4 is 10.9 Å². The molecule has 1 aliphatic heterocycles. The molecule has 7 nitrogen and oxygen atoms in total. The minimum atomic E-state index is -0.295. The average Bonchev–Trinajstić information content (AvgIpc) is 2.47. The number of hydrogen-bond acceptors (Lipinski definition) is 3. The van der Waals surface area contributed by atoms with E-state index >= 15 is 0 Å². The van der Waals surface area contributed by atoms with Crippen molar-refractivity contribution in [2.45, 2.75) is 6.92 Å². The smallest absolute Gasteiger partial charge is 0.317 e. The Bertz CT molecular complexity index is 547. The van der Waals surface area contributed by atoms with Crippen molar-refractivity contribution in [2.24, 2.45) is 0 Å². The second-order valence-electron chi connectivity index (χ2n) is 4.54. The molecular weight excluding hydrogens is 260 g/mol. The Morgan fingerprint density at radius 1 is 1.20 bits per heavy atom. The van der Waals surface area contributed by atoms with Gasteiger partial charge in [-0.1, -0.05) is 6.07 Å². The van der Waals surface area contributed by atoms with Gasteiger partial charge in [0.2, 0.25) is 5.56 Å². The zero-order valence-corrected chi connectivity index (χ0v) is 11.4. The highest BCUT2D eigenvalue weighted by atomic mass is 16.2. The Kier molecular flexibility index (Phi) is 4.39. The Morgan fingerprint density at radius 3 is 2.45 bits per heavy atom. The number of amides is 3. The van der Waals surface area contributed by atoms with Crippen LogP contribution in [0.1, 0.15) is 17.4 Å². The standard InChI is InChI=1S/C13H18N4O3/c1-2-14-13(20)17-8-6-16(7-9-17)12(19)10-4-3-5-11(18)15-10/h3-5H,2,6-9H2,1H3,(H,14,20)(H,15,18). The summed E-state index contributed by atoms with van der Waals surface area (Å²) in [7, 11) is 0. The van der Waals surface area contributed by atoms with Crippen LogP contribution in [0.25, 0.3) is 0 Å². The van der Waals surface area contributed by atoms with Gasteiger partial charge < -0.3 is 20.1 Å². The molecule has 1 fully saturated rings. The first-order valence-corrected chi connectivity index (χ1v) is 6.63. The zero-order chi connectivity index (χ0) is 14.5. The van der Waals surface area contributed by atoms with Gasteiger partial charge in [-0.3, -0.25) is 9.59 Å². The van der Waals surface area contributed by atoms with Crippen LogP contribution in [0.2, 0.25) is 0 Å². The van der Waals surface area contributed by atoms with Crippen molar-refractivity contribution in [2.75, 3.05) is 32.7 Å². The molecule has 1 saturated heterocycles. The van der Waals surface area contributed by atoms with Gasteiger partial charge in [-0.2, -0.15) is 0 Å². The van der Waals surface area contributed by atoms with Gasteiger partial charge in [0.1, 0.15) is 5.69 Å². The molecule has 0 bridgehead atoms. The molecule has 7 heteroatoms. The predicted molar refractivity (Wildman–Crippen MR) is 73.6 cm³/mol. The van der Waals surface area contributed by atoms with Gasteiger partial charge in [-0.25, -0.2) is 4.79 Å². The molecule has 3 amide bonds. The van der Waals surface area contributed by atoms with Gasteiger partial charge in [0.15, 0.2) is 0 Å². The van der Waals surface area contributed by atoms with E-state index < -0.39 is 0 Å². The lowest BCUT2D eigenvalue weighted by molar-refractivity contribution is 0.0659. The number of nitrogens with one attached hydrogen (secondary N) is 2. The summed E-state index contributed by atoms with van der Waals surface area (Å²) >= 11 is 0. The summed E-state index contributed by atoms with van der Waals surface area (Å²) in [5.41, 5.74) is -0.0132. The van der Waals surface area contributed by atoms with Gasteiger partial charge in [0.25, 0.3) is 5.91 Å². The Morgan fingerprint density at radius 2 is 1.85 bits per heavy atom. The predicted octanol–water partition coefficient (Wildman–Crippen LogP) is -0.138. The minimum absolute atomic E-state index is 0.104. The maximum absolute atomic E-state index is 12.2. The summed E-state index contributed by atoms with van der Waals surface area (Å²) in [4.78, 5) is 40.9. The number of aromatic amines is 1. The van der Waals surface area contributed by atoms with Crippen LogP contribution in [0.5, 0.6) is 0 Å². The van der Waals surface area contributed by atoms with Crippen molar-refractivity contribution < 1.29 is 9.59 Å². The van der Waals surface area contributed by atoms with Crippen LogP contribution in [-0.4, -0.2) is 59.4 Å². The highest BCUT2D eigenvalue weighted by Gasteiger charge is 2.24. The third-order valence-corrected chi connectivity index (χ3v) is 3.18. The minimum Gasteiger partial charge on any atom is -0.338 e. The number of nitrogens with zero attached hydrogens (tertiary/aromatic N) is 2. The number of H-pyrrole nitrogens is 1. The first kappa shape index (κ1) is 14.1. The van der Waals surface area contributed by atoms with E-state index in [9.17, 15) is 14.4 Å². The number of urea groups is 1. The van der Waals surface area contributed by atoms with E-state index in [4.69, 9.17) is 0 Å². The van der Waals surface area contributed by atoms with Gasteiger partial charge in [0, 0.05) is 38.8 Å². The molecule has 0 aromatic carbocycles. The second kappa shape index (κ2) is 6.23. The molecule has 0 unspecified atom stereocenters. The van der Waals surface area contributed by atoms with Crippen molar-refractivity contribution in [3.63, 3.8) is 0 Å². The molecule has 0 aliphatic carbocycles. The Hall–Kier alpha value is -2.31. The average molecular weight is 278 g/mol. The fraction of sp³-hybridized carbons (Fsp3) is 0.462. The fourth-order valence-electron chi connectivity index (χ4n) is 2.12. The third kappa shape index (κ3) is 3.17. The van der Waals surface area contributed by atoms with E-state index in [0.29, 0.717) is 32.7 Å². The van der Waals surface area contributed by atoms with Crippen LogP contribution in [-0.2, 0) is 0 Å². The molecule has 1 aromatic heterocycles. The van der Waals surface area contributed by atoms with Crippen molar-refractivity contribution in [1.29, 1.82) is 0 Å². The largest absolute Gasteiger partial charge is 0.338 e. The van der Waals surface area contributed by atoms with E-state index in [1.165, 1.54) is 6.07 Å². The van der Waals surface area contributed by atoms with E-state index in [1.807, 2.05) is 6.92 Å². The molecule has 2 heterocycles. The highest BCUT2D eigenvalue weighted by Crippen LogP contribution is 2.06. The summed E-state index contributed by atoms with van der Waals surface area (Å²) in [6.07, 6.45) is 0. The molecule has 20 heavy (non-hydrogen) atoms. The Balaban J connectivity index is 1.95. The van der Waals surface area contributed by atoms with Crippen LogP contribution in [0.4, 0.5) is 4.79 Å². The fourth-order valence-corrected chi connectivity index (χ4v) is 2.12. The van der Waals surface area contributed by atoms with Crippen molar-refractivity contribution >= 4 is 11.9 Å². The molecule has 1 aromatic rings. The summed E-state index contributed by atoms with van der Waals surface area (Å²) in [6, 6.07) is 4.40. The molecule has 1 aliphatic rings. The number of hydrogen-bond donors (Lipinski definition) is 2. The van der Waals surface area contributed by atoms with E-state index in [0.717, 1.165) is 0 Å². The lowest BCUT2D eigenvalue weighted by Crippen LogP contribution is -2.53. The van der Waals surface area contributed by atoms with Gasteiger partial charge in [-0.05, 0) is 13.0 Å². The monoisotopic (exact) mass is 278 g/mol. The highest BCUT2D eigenvalue weighted by molar-refractivity contribution is 5.92. The maximum atomic E-state index is 12.2. The van der Waals surface area contributed by atoms with E-state index in [1.54, 1.807) is 21.9 Å². The van der Waals surface area contributed by atoms with Gasteiger partial charge in [-0.15, -0.1) is 0 Å². The summed E-state index contributed by atoms with van der Waals surface area (Å²) in [5, 5.41) is 2.73. The number of rotatable bonds is 2. The molecule has 0 radical (unpaired) electrons. The topological polar surface area (TPSA) is 85.5 Å². The first-order chi connectivity index (χ1) is 9.61. The normalized spacial score (nSPS) is 15.1. The van der Waals surface area contributed by atoms with Crippen LogP contribution in [0.3, 0.4) is 0 Å². The first-order valence-electron chi connectivity index (χ1n) is 6.63. The lowest BCUT2D eigenvalue weighted by Gasteiger charge is -2.34. The molecular formula is C13H18N4O3. The molecule has 0 spiro atoms. The van der Waals surface area contributed by atoms with Crippen LogP contribution >= 0.6 is 0 Å². The molecule has 2 N–H and O–H groups in total. The van der Waals surface area contributed by atoms with Crippen LogP contribution in [0, 0.1) is 0 Å². The SMILES string of the molecule is CCNC(=O)N1CCN(C(=O)c2cccc(=O)[nH]2)CC1. The summed E-state index contributed by atoms with van der Waals surface area (Å²) < 4.78 is 0. The molecule has 108 valence electrons. The number of pyridine rings is 1. The van der Waals surface area contributed by atoms with Crippen molar-refractivity contribution in [1.82, 2.24) is 20.1 Å². The number of aromatic nitrogens is 1. The van der Waals surface area contributed by atoms with Gasteiger partial charge in [0.05, 0.1) is 0 Å². The van der Waals surface area contributed by atoms with E-state index in [-0.39, 0.29) is 23.2 Å². The Labute approximate surface area is 116 Å². The van der Waals surface area contributed by atoms with Crippen molar-refractivity contribution in [3.05, 3.63) is 34.2 Å². The zero-order valence-electron chi connectivity index (χ0n) is 11.4. The molecule has 0 atom stereocenters. The second-order valence-corrected chi connectivity index (χ2v) is 4.54. The lowest BCUT2D eigenvalue weighted by atomic mass is 10.2. The van der Waals surface area contributed by atoms with Crippen LogP contribution in [0.15, 0.2) is 23.0 Å². The third-order valence-electron chi connectivity index (χ3n) is 3.18. The summed E-state index contributed by atoms with van der Waals surface area (Å²) in [5.74, 6) is -0.210. The van der Waals surface area contributed by atoms with E-state index in [2.05, 4.69) is 10.3 Å². The molecule has 0 saturated carbocycles. The van der Waals surface area contributed by atoms with Gasteiger partial charge >= 0.3 is 6.03 Å².